The Labute approximate surface area is 131 Å². The van der Waals surface area contributed by atoms with Gasteiger partial charge in [-0.25, -0.2) is 0 Å². The van der Waals surface area contributed by atoms with Gasteiger partial charge in [-0.3, -0.25) is 0 Å². The van der Waals surface area contributed by atoms with Gasteiger partial charge < -0.3 is 15.0 Å². The number of aromatic hydroxyl groups is 1. The topological polar surface area (TPSA) is 85.1 Å². The van der Waals surface area contributed by atoms with Crippen LogP contribution in [-0.2, 0) is 0 Å². The van der Waals surface area contributed by atoms with E-state index in [1.54, 1.807) is 24.3 Å². The summed E-state index contributed by atoms with van der Waals surface area (Å²) in [5.41, 5.74) is 0.728. The third-order valence-corrected chi connectivity index (χ3v) is 2.25. The van der Waals surface area contributed by atoms with Gasteiger partial charge in [0.1, 0.15) is 5.75 Å². The molecule has 2 aromatic carbocycles. The number of azo groups is 1. The Morgan fingerprint density at radius 3 is 2.26 bits per heavy atom. The number of carboxylic acid groups (broad SMARTS) is 1. The summed E-state index contributed by atoms with van der Waals surface area (Å²) in [6, 6.07) is 12.3. The number of carbonyl (C=O) groups is 1. The molecule has 6 heteroatoms. The average Bonchev–Trinajstić information content (AvgIpc) is 2.38. The molecule has 0 amide bonds. The smallest absolute Gasteiger partial charge is 0.545 e. The van der Waals surface area contributed by atoms with Crippen LogP contribution in [-0.4, -0.2) is 11.1 Å². The first-order chi connectivity index (χ1) is 8.66. The van der Waals surface area contributed by atoms with Crippen molar-refractivity contribution >= 4 is 17.3 Å². The Morgan fingerprint density at radius 2 is 1.63 bits per heavy atom. The van der Waals surface area contributed by atoms with Gasteiger partial charge in [-0.15, -0.1) is 5.11 Å². The molecule has 0 saturated heterocycles. The van der Waals surface area contributed by atoms with Crippen molar-refractivity contribution < 1.29 is 44.6 Å². The van der Waals surface area contributed by atoms with Gasteiger partial charge >= 0.3 is 29.6 Å². The van der Waals surface area contributed by atoms with E-state index < -0.39 is 5.97 Å². The van der Waals surface area contributed by atoms with Gasteiger partial charge in [-0.05, 0) is 30.3 Å². The third-order valence-electron chi connectivity index (χ3n) is 2.25. The molecule has 1 N–H and O–H groups in total. The van der Waals surface area contributed by atoms with E-state index in [-0.39, 0.29) is 46.6 Å². The second kappa shape index (κ2) is 7.04. The second-order valence-corrected chi connectivity index (χ2v) is 3.52. The summed E-state index contributed by atoms with van der Waals surface area (Å²) in [6.07, 6.45) is 0. The van der Waals surface area contributed by atoms with Crippen LogP contribution in [0.1, 0.15) is 10.4 Å². The van der Waals surface area contributed by atoms with Crippen LogP contribution < -0.4 is 34.7 Å². The Balaban J connectivity index is 0.00000180. The van der Waals surface area contributed by atoms with Crippen LogP contribution in [0.25, 0.3) is 0 Å². The maximum atomic E-state index is 10.8. The zero-order valence-electron chi connectivity index (χ0n) is 10.3. The first-order valence-electron chi connectivity index (χ1n) is 5.18. The molecule has 5 nitrogen and oxygen atoms in total. The minimum Gasteiger partial charge on any atom is -0.545 e. The van der Waals surface area contributed by atoms with Gasteiger partial charge in [0.2, 0.25) is 0 Å². The largest absolute Gasteiger partial charge is 1.00 e. The van der Waals surface area contributed by atoms with Crippen LogP contribution >= 0.6 is 0 Å². The molecule has 0 aromatic heterocycles. The summed E-state index contributed by atoms with van der Waals surface area (Å²) in [5.74, 6) is -1.17. The molecule has 0 aliphatic carbocycles. The van der Waals surface area contributed by atoms with Crippen molar-refractivity contribution in [3.8, 4) is 5.75 Å². The Bertz CT molecular complexity index is 597. The molecule has 0 aliphatic rings. The summed E-state index contributed by atoms with van der Waals surface area (Å²) >= 11 is 0. The molecule has 0 aliphatic heterocycles. The van der Waals surface area contributed by atoms with Crippen molar-refractivity contribution in [2.75, 3.05) is 0 Å². The SMILES string of the molecule is O=C([O-])c1ccccc1N=Nc1ccc(O)cc1.[Na+]. The van der Waals surface area contributed by atoms with Gasteiger partial charge in [-0.1, -0.05) is 18.2 Å². The van der Waals surface area contributed by atoms with Crippen molar-refractivity contribution in [3.63, 3.8) is 0 Å². The number of benzene rings is 2. The molecule has 0 radical (unpaired) electrons. The van der Waals surface area contributed by atoms with Crippen LogP contribution in [0.2, 0.25) is 0 Å². The number of carbonyl (C=O) groups excluding carboxylic acids is 1. The molecule has 0 fully saturated rings. The summed E-state index contributed by atoms with van der Waals surface area (Å²) < 4.78 is 0. The van der Waals surface area contributed by atoms with E-state index in [1.807, 2.05) is 0 Å². The number of aromatic carboxylic acids is 1. The van der Waals surface area contributed by atoms with E-state index in [2.05, 4.69) is 10.2 Å². The average molecular weight is 264 g/mol. The first-order valence-corrected chi connectivity index (χ1v) is 5.18. The molecule has 0 spiro atoms. The molecule has 0 saturated carbocycles. The third kappa shape index (κ3) is 4.17. The number of carboxylic acids is 1. The van der Waals surface area contributed by atoms with Gasteiger partial charge in [0.05, 0.1) is 17.3 Å². The molecular formula is C13H9N2NaO3. The first kappa shape index (κ1) is 15.4. The fourth-order valence-corrected chi connectivity index (χ4v) is 1.36. The minimum absolute atomic E-state index is 0. The van der Waals surface area contributed by atoms with E-state index in [1.165, 1.54) is 24.3 Å². The number of hydrogen-bond acceptors (Lipinski definition) is 5. The second-order valence-electron chi connectivity index (χ2n) is 3.52. The standard InChI is InChI=1S/C13H10N2O3.Na/c16-10-7-5-9(6-8-10)14-15-12-4-2-1-3-11(12)13(17)18;/h1-8,16H,(H,17,18);/q;+1/p-1. The van der Waals surface area contributed by atoms with Crippen molar-refractivity contribution in [2.24, 2.45) is 10.2 Å². The van der Waals surface area contributed by atoms with Crippen molar-refractivity contribution in [2.45, 2.75) is 0 Å². The van der Waals surface area contributed by atoms with E-state index >= 15 is 0 Å². The van der Waals surface area contributed by atoms with Crippen LogP contribution in [0.5, 0.6) is 5.75 Å². The van der Waals surface area contributed by atoms with Gasteiger partial charge in [0.15, 0.2) is 0 Å². The maximum absolute atomic E-state index is 10.8. The van der Waals surface area contributed by atoms with E-state index in [9.17, 15) is 9.90 Å². The predicted molar refractivity (Wildman–Crippen MR) is 63.1 cm³/mol. The summed E-state index contributed by atoms with van der Waals surface area (Å²) in [5, 5.41) is 27.7. The summed E-state index contributed by atoms with van der Waals surface area (Å²) in [6.45, 7) is 0. The Morgan fingerprint density at radius 1 is 1.00 bits per heavy atom. The van der Waals surface area contributed by atoms with E-state index in [0.29, 0.717) is 5.69 Å². The molecule has 0 heterocycles. The predicted octanol–water partition coefficient (Wildman–Crippen LogP) is -0.825. The van der Waals surface area contributed by atoms with Crippen LogP contribution in [0.15, 0.2) is 58.8 Å². The number of phenols is 1. The minimum atomic E-state index is -1.30. The van der Waals surface area contributed by atoms with Crippen molar-refractivity contribution in [1.82, 2.24) is 0 Å². The van der Waals surface area contributed by atoms with Gasteiger partial charge in [0.25, 0.3) is 0 Å². The van der Waals surface area contributed by atoms with Crippen LogP contribution in [0.4, 0.5) is 11.4 Å². The number of nitrogens with zero attached hydrogens (tertiary/aromatic N) is 2. The van der Waals surface area contributed by atoms with Gasteiger partial charge in [0, 0.05) is 5.56 Å². The monoisotopic (exact) mass is 264 g/mol. The molecular weight excluding hydrogens is 255 g/mol. The molecule has 90 valence electrons. The molecule has 0 unspecified atom stereocenters. The number of hydrogen-bond donors (Lipinski definition) is 1. The maximum Gasteiger partial charge on any atom is 1.00 e. The summed E-state index contributed by atoms with van der Waals surface area (Å²) in [7, 11) is 0. The molecule has 2 aromatic rings. The fourth-order valence-electron chi connectivity index (χ4n) is 1.36. The van der Waals surface area contributed by atoms with Crippen LogP contribution in [0, 0.1) is 0 Å². The zero-order chi connectivity index (χ0) is 13.0. The number of rotatable bonds is 3. The number of phenolic OH excluding ortho intramolecular Hbond substituents is 1. The Hall–Kier alpha value is -1.69. The molecule has 19 heavy (non-hydrogen) atoms. The van der Waals surface area contributed by atoms with Crippen LogP contribution in [0.3, 0.4) is 0 Å². The van der Waals surface area contributed by atoms with Crippen molar-refractivity contribution in [1.29, 1.82) is 0 Å². The van der Waals surface area contributed by atoms with E-state index in [4.69, 9.17) is 5.11 Å². The molecule has 0 bridgehead atoms. The summed E-state index contributed by atoms with van der Waals surface area (Å²) in [4.78, 5) is 10.8. The zero-order valence-corrected chi connectivity index (χ0v) is 12.3. The van der Waals surface area contributed by atoms with Gasteiger partial charge in [-0.2, -0.15) is 5.11 Å². The molecule has 0 atom stereocenters. The molecule has 2 rings (SSSR count). The Kier molecular flexibility index (Phi) is 5.69. The fraction of sp³-hybridized carbons (Fsp3) is 0. The van der Waals surface area contributed by atoms with E-state index in [0.717, 1.165) is 0 Å². The quantitative estimate of drug-likeness (QED) is 0.580. The normalized spacial score (nSPS) is 10.1. The van der Waals surface area contributed by atoms with Crippen molar-refractivity contribution in [3.05, 3.63) is 54.1 Å².